The Morgan fingerprint density at radius 2 is 2.00 bits per heavy atom. The third-order valence-electron chi connectivity index (χ3n) is 3.11. The molecular weight excluding hydrogens is 243 g/mol. The van der Waals surface area contributed by atoms with Crippen LogP contribution in [0.15, 0.2) is 24.3 Å². The minimum atomic E-state index is -0.212. The van der Waals surface area contributed by atoms with Crippen molar-refractivity contribution in [1.29, 1.82) is 0 Å². The summed E-state index contributed by atoms with van der Waals surface area (Å²) in [6.45, 7) is 3.94. The van der Waals surface area contributed by atoms with E-state index in [1.807, 2.05) is 14.0 Å². The van der Waals surface area contributed by atoms with Crippen LogP contribution in [0.4, 0.5) is 15.9 Å². The van der Waals surface area contributed by atoms with Crippen molar-refractivity contribution in [3.05, 3.63) is 41.3 Å². The van der Waals surface area contributed by atoms with Crippen LogP contribution in [-0.4, -0.2) is 15.8 Å². The van der Waals surface area contributed by atoms with Crippen molar-refractivity contribution in [2.75, 3.05) is 11.1 Å². The van der Waals surface area contributed by atoms with Crippen LogP contribution in [0.5, 0.6) is 0 Å². The third-order valence-corrected chi connectivity index (χ3v) is 3.11. The number of nitrogens with one attached hydrogen (secondary N) is 1. The van der Waals surface area contributed by atoms with E-state index in [-0.39, 0.29) is 11.9 Å². The molecule has 0 aliphatic rings. The molecule has 1 aromatic heterocycles. The largest absolute Gasteiger partial charge is 0.394 e. The Morgan fingerprint density at radius 3 is 2.53 bits per heavy atom. The molecule has 1 atom stereocenters. The third kappa shape index (κ3) is 3.05. The van der Waals surface area contributed by atoms with Crippen molar-refractivity contribution in [3.8, 4) is 0 Å². The Bertz CT molecular complexity index is 560. The molecule has 0 amide bonds. The topological polar surface area (TPSA) is 55.9 Å². The SMILES string of the molecule is Cc1nn(C)c(NC(C)Cc2ccc(F)cc2)c1N. The van der Waals surface area contributed by atoms with Gasteiger partial charge in [-0.15, -0.1) is 0 Å². The van der Waals surface area contributed by atoms with Gasteiger partial charge in [-0.1, -0.05) is 12.1 Å². The lowest BCUT2D eigenvalue weighted by Gasteiger charge is -2.16. The maximum atomic E-state index is 12.8. The highest BCUT2D eigenvalue weighted by atomic mass is 19.1. The number of anilines is 2. The van der Waals surface area contributed by atoms with E-state index >= 15 is 0 Å². The van der Waals surface area contributed by atoms with Crippen molar-refractivity contribution in [3.63, 3.8) is 0 Å². The van der Waals surface area contributed by atoms with Gasteiger partial charge >= 0.3 is 0 Å². The van der Waals surface area contributed by atoms with Gasteiger partial charge in [0.05, 0.1) is 11.4 Å². The molecular formula is C14H19FN4. The summed E-state index contributed by atoms with van der Waals surface area (Å²) in [4.78, 5) is 0. The van der Waals surface area contributed by atoms with Gasteiger partial charge in [-0.05, 0) is 38.0 Å². The zero-order valence-corrected chi connectivity index (χ0v) is 11.4. The molecule has 0 bridgehead atoms. The molecule has 2 aromatic rings. The first-order valence-corrected chi connectivity index (χ1v) is 6.27. The smallest absolute Gasteiger partial charge is 0.147 e. The number of aromatic nitrogens is 2. The fourth-order valence-corrected chi connectivity index (χ4v) is 2.10. The molecule has 102 valence electrons. The summed E-state index contributed by atoms with van der Waals surface area (Å²) < 4.78 is 14.6. The highest BCUT2D eigenvalue weighted by Crippen LogP contribution is 2.22. The van der Waals surface area contributed by atoms with Gasteiger partial charge in [-0.2, -0.15) is 5.10 Å². The van der Waals surface area contributed by atoms with E-state index < -0.39 is 0 Å². The van der Waals surface area contributed by atoms with Crippen LogP contribution in [0, 0.1) is 12.7 Å². The van der Waals surface area contributed by atoms with Gasteiger partial charge in [0.15, 0.2) is 0 Å². The van der Waals surface area contributed by atoms with E-state index in [1.54, 1.807) is 16.8 Å². The number of aryl methyl sites for hydroxylation is 2. The fourth-order valence-electron chi connectivity index (χ4n) is 2.10. The second-order valence-corrected chi connectivity index (χ2v) is 4.85. The normalized spacial score (nSPS) is 12.4. The van der Waals surface area contributed by atoms with E-state index in [0.29, 0.717) is 5.69 Å². The zero-order valence-electron chi connectivity index (χ0n) is 11.4. The maximum Gasteiger partial charge on any atom is 0.147 e. The Kier molecular flexibility index (Phi) is 3.74. The molecule has 5 heteroatoms. The summed E-state index contributed by atoms with van der Waals surface area (Å²) in [6.07, 6.45) is 0.796. The summed E-state index contributed by atoms with van der Waals surface area (Å²) in [6, 6.07) is 6.73. The van der Waals surface area contributed by atoms with Gasteiger partial charge in [0, 0.05) is 13.1 Å². The van der Waals surface area contributed by atoms with Gasteiger partial charge in [-0.3, -0.25) is 4.68 Å². The number of hydrogen-bond acceptors (Lipinski definition) is 3. The van der Waals surface area contributed by atoms with Gasteiger partial charge < -0.3 is 11.1 Å². The number of nitrogen functional groups attached to an aromatic ring is 1. The zero-order chi connectivity index (χ0) is 14.0. The van der Waals surface area contributed by atoms with E-state index in [2.05, 4.69) is 17.3 Å². The highest BCUT2D eigenvalue weighted by Gasteiger charge is 2.12. The van der Waals surface area contributed by atoms with Crippen molar-refractivity contribution >= 4 is 11.5 Å². The van der Waals surface area contributed by atoms with Crippen molar-refractivity contribution in [2.24, 2.45) is 7.05 Å². The van der Waals surface area contributed by atoms with Crippen LogP contribution < -0.4 is 11.1 Å². The molecule has 0 saturated heterocycles. The first-order chi connectivity index (χ1) is 8.97. The molecule has 1 heterocycles. The lowest BCUT2D eigenvalue weighted by molar-refractivity contribution is 0.626. The molecule has 1 aromatic carbocycles. The van der Waals surface area contributed by atoms with E-state index in [4.69, 9.17) is 5.73 Å². The molecule has 0 radical (unpaired) electrons. The molecule has 4 nitrogen and oxygen atoms in total. The predicted octanol–water partition coefficient (Wildman–Crippen LogP) is 2.49. The number of benzene rings is 1. The highest BCUT2D eigenvalue weighted by molar-refractivity contribution is 5.64. The van der Waals surface area contributed by atoms with E-state index in [0.717, 1.165) is 23.5 Å². The standard InChI is InChI=1S/C14H19FN4/c1-9(8-11-4-6-12(15)7-5-11)17-14-13(16)10(2)18-19(14)3/h4-7,9,17H,8,16H2,1-3H3. The van der Waals surface area contributed by atoms with Crippen LogP contribution in [0.2, 0.25) is 0 Å². The van der Waals surface area contributed by atoms with Crippen LogP contribution in [0.3, 0.4) is 0 Å². The molecule has 19 heavy (non-hydrogen) atoms. The summed E-state index contributed by atoms with van der Waals surface area (Å²) in [5, 5.41) is 7.61. The number of halogens is 1. The number of nitrogens with zero attached hydrogens (tertiary/aromatic N) is 2. The first-order valence-electron chi connectivity index (χ1n) is 6.27. The molecule has 1 unspecified atom stereocenters. The number of nitrogens with two attached hydrogens (primary N) is 1. The lowest BCUT2D eigenvalue weighted by Crippen LogP contribution is -2.20. The molecule has 0 saturated carbocycles. The lowest BCUT2D eigenvalue weighted by atomic mass is 10.1. The van der Waals surface area contributed by atoms with Crippen molar-refractivity contribution in [1.82, 2.24) is 9.78 Å². The van der Waals surface area contributed by atoms with E-state index in [9.17, 15) is 4.39 Å². The molecule has 2 rings (SSSR count). The monoisotopic (exact) mass is 262 g/mol. The minimum Gasteiger partial charge on any atom is -0.394 e. The summed E-state index contributed by atoms with van der Waals surface area (Å²) in [5.41, 5.74) is 8.54. The van der Waals surface area contributed by atoms with Crippen LogP contribution in [-0.2, 0) is 13.5 Å². The maximum absolute atomic E-state index is 12.8. The fraction of sp³-hybridized carbons (Fsp3) is 0.357. The predicted molar refractivity (Wildman–Crippen MR) is 75.5 cm³/mol. The van der Waals surface area contributed by atoms with Crippen molar-refractivity contribution in [2.45, 2.75) is 26.3 Å². The second-order valence-electron chi connectivity index (χ2n) is 4.85. The van der Waals surface area contributed by atoms with Crippen molar-refractivity contribution < 1.29 is 4.39 Å². The summed E-state index contributed by atoms with van der Waals surface area (Å²) >= 11 is 0. The summed E-state index contributed by atoms with van der Waals surface area (Å²) in [7, 11) is 1.86. The van der Waals surface area contributed by atoms with E-state index in [1.165, 1.54) is 12.1 Å². The number of hydrogen-bond donors (Lipinski definition) is 2. The Hall–Kier alpha value is -2.04. The molecule has 0 aliphatic carbocycles. The average Bonchev–Trinajstić information content (AvgIpc) is 2.59. The molecule has 0 spiro atoms. The second kappa shape index (κ2) is 5.30. The van der Waals surface area contributed by atoms with Gasteiger partial charge in [-0.25, -0.2) is 4.39 Å². The van der Waals surface area contributed by atoms with Crippen LogP contribution in [0.1, 0.15) is 18.2 Å². The van der Waals surface area contributed by atoms with Gasteiger partial charge in [0.2, 0.25) is 0 Å². The average molecular weight is 262 g/mol. The van der Waals surface area contributed by atoms with Crippen LogP contribution in [0.25, 0.3) is 0 Å². The first kappa shape index (κ1) is 13.4. The quantitative estimate of drug-likeness (QED) is 0.890. The summed E-state index contributed by atoms with van der Waals surface area (Å²) in [5.74, 6) is 0.614. The van der Waals surface area contributed by atoms with Crippen LogP contribution >= 0.6 is 0 Å². The Morgan fingerprint density at radius 1 is 1.37 bits per heavy atom. The Balaban J connectivity index is 2.05. The number of rotatable bonds is 4. The Labute approximate surface area is 112 Å². The molecule has 0 fully saturated rings. The molecule has 0 aliphatic heterocycles. The minimum absolute atomic E-state index is 0.183. The molecule has 3 N–H and O–H groups in total. The van der Waals surface area contributed by atoms with Gasteiger partial charge in [0.25, 0.3) is 0 Å². The van der Waals surface area contributed by atoms with Gasteiger partial charge in [0.1, 0.15) is 11.6 Å².